The fraction of sp³-hybridized carbons (Fsp3) is 0. The van der Waals surface area contributed by atoms with E-state index >= 15 is 0 Å². The standard InChI is InChI=1S/C28H18ClN/c29-23-13-15-26-25-14-12-22(21-11-10-19-6-4-5-7-20(19)16-21)17-27(25)30(28(26)18-23)24-8-2-1-3-9-24/h1-18H. The van der Waals surface area contributed by atoms with Crippen molar-refractivity contribution in [3.63, 3.8) is 0 Å². The fourth-order valence-electron chi connectivity index (χ4n) is 4.40. The van der Waals surface area contributed by atoms with Crippen LogP contribution in [0.1, 0.15) is 0 Å². The van der Waals surface area contributed by atoms with Crippen LogP contribution in [-0.2, 0) is 0 Å². The van der Waals surface area contributed by atoms with Gasteiger partial charge in [-0.05, 0) is 58.3 Å². The van der Waals surface area contributed by atoms with Crippen molar-refractivity contribution >= 4 is 44.2 Å². The third-order valence-electron chi connectivity index (χ3n) is 5.83. The number of para-hydroxylation sites is 1. The molecule has 0 atom stereocenters. The van der Waals surface area contributed by atoms with Crippen LogP contribution in [0.5, 0.6) is 0 Å². The summed E-state index contributed by atoms with van der Waals surface area (Å²) >= 11 is 6.37. The minimum atomic E-state index is 0.747. The number of hydrogen-bond acceptors (Lipinski definition) is 0. The van der Waals surface area contributed by atoms with Gasteiger partial charge in [0.15, 0.2) is 0 Å². The number of aromatic nitrogens is 1. The Bertz CT molecular complexity index is 1540. The second kappa shape index (κ2) is 6.76. The maximum Gasteiger partial charge on any atom is 0.0555 e. The lowest BCUT2D eigenvalue weighted by atomic mass is 10.00. The summed E-state index contributed by atoms with van der Waals surface area (Å²) in [5.74, 6) is 0. The van der Waals surface area contributed by atoms with Crippen LogP contribution in [0, 0.1) is 0 Å². The van der Waals surface area contributed by atoms with Gasteiger partial charge in [0, 0.05) is 21.5 Å². The third kappa shape index (κ3) is 2.71. The van der Waals surface area contributed by atoms with E-state index in [0.717, 1.165) is 16.2 Å². The largest absolute Gasteiger partial charge is 0.309 e. The van der Waals surface area contributed by atoms with Crippen LogP contribution in [0.15, 0.2) is 109 Å². The summed E-state index contributed by atoms with van der Waals surface area (Å²) in [7, 11) is 0. The molecule has 1 aromatic heterocycles. The number of halogens is 1. The second-order valence-electron chi connectivity index (χ2n) is 7.63. The van der Waals surface area contributed by atoms with E-state index in [4.69, 9.17) is 11.6 Å². The molecular weight excluding hydrogens is 386 g/mol. The second-order valence-corrected chi connectivity index (χ2v) is 8.06. The monoisotopic (exact) mass is 403 g/mol. The Labute approximate surface area is 179 Å². The molecular formula is C28H18ClN. The molecule has 2 heteroatoms. The zero-order valence-electron chi connectivity index (χ0n) is 16.2. The average Bonchev–Trinajstić information content (AvgIpc) is 3.11. The number of benzene rings is 5. The minimum Gasteiger partial charge on any atom is -0.309 e. The van der Waals surface area contributed by atoms with Crippen molar-refractivity contribution in [3.8, 4) is 16.8 Å². The van der Waals surface area contributed by atoms with Gasteiger partial charge >= 0.3 is 0 Å². The number of fused-ring (bicyclic) bond motifs is 4. The molecule has 0 aliphatic rings. The van der Waals surface area contributed by atoms with Gasteiger partial charge in [0.2, 0.25) is 0 Å². The Kier molecular flexibility index (Phi) is 3.90. The lowest BCUT2D eigenvalue weighted by molar-refractivity contribution is 1.18. The van der Waals surface area contributed by atoms with Crippen LogP contribution in [0.25, 0.3) is 49.4 Å². The van der Waals surface area contributed by atoms with Crippen molar-refractivity contribution in [2.75, 3.05) is 0 Å². The highest BCUT2D eigenvalue weighted by molar-refractivity contribution is 6.31. The number of nitrogens with zero attached hydrogens (tertiary/aromatic N) is 1. The van der Waals surface area contributed by atoms with Crippen LogP contribution in [-0.4, -0.2) is 4.57 Å². The summed E-state index contributed by atoms with van der Waals surface area (Å²) in [5, 5.41) is 5.71. The molecule has 6 rings (SSSR count). The predicted octanol–water partition coefficient (Wildman–Crippen LogP) is 8.26. The first-order valence-corrected chi connectivity index (χ1v) is 10.4. The van der Waals surface area contributed by atoms with Gasteiger partial charge in [0.25, 0.3) is 0 Å². The van der Waals surface area contributed by atoms with Crippen LogP contribution in [0.4, 0.5) is 0 Å². The summed E-state index contributed by atoms with van der Waals surface area (Å²) in [6, 6.07) is 38.5. The van der Waals surface area contributed by atoms with Crippen LogP contribution in [0.3, 0.4) is 0 Å². The molecule has 1 heterocycles. The lowest BCUT2D eigenvalue weighted by Gasteiger charge is -2.09. The minimum absolute atomic E-state index is 0.747. The smallest absolute Gasteiger partial charge is 0.0555 e. The molecule has 5 aromatic carbocycles. The van der Waals surface area contributed by atoms with Gasteiger partial charge in [-0.3, -0.25) is 0 Å². The SMILES string of the molecule is Clc1ccc2c3ccc(-c4ccc5ccccc5c4)cc3n(-c3ccccc3)c2c1. The van der Waals surface area contributed by atoms with Crippen molar-refractivity contribution in [1.29, 1.82) is 0 Å². The lowest BCUT2D eigenvalue weighted by Crippen LogP contribution is -1.93. The molecule has 0 unspecified atom stereocenters. The van der Waals surface area contributed by atoms with E-state index in [1.807, 2.05) is 12.1 Å². The number of rotatable bonds is 2. The fourth-order valence-corrected chi connectivity index (χ4v) is 4.56. The molecule has 0 aliphatic heterocycles. The normalized spacial score (nSPS) is 11.5. The van der Waals surface area contributed by atoms with Gasteiger partial charge in [-0.2, -0.15) is 0 Å². The van der Waals surface area contributed by atoms with Gasteiger partial charge in [0.1, 0.15) is 0 Å². The number of hydrogen-bond donors (Lipinski definition) is 0. The van der Waals surface area contributed by atoms with E-state index in [9.17, 15) is 0 Å². The molecule has 0 radical (unpaired) electrons. The maximum atomic E-state index is 6.37. The van der Waals surface area contributed by atoms with Crippen molar-refractivity contribution in [3.05, 3.63) is 114 Å². The molecule has 0 aliphatic carbocycles. The maximum absolute atomic E-state index is 6.37. The van der Waals surface area contributed by atoms with E-state index in [-0.39, 0.29) is 0 Å². The quantitative estimate of drug-likeness (QED) is 0.274. The Balaban J connectivity index is 1.66. The summed E-state index contributed by atoms with van der Waals surface area (Å²) in [6.45, 7) is 0. The van der Waals surface area contributed by atoms with Gasteiger partial charge < -0.3 is 4.57 Å². The summed E-state index contributed by atoms with van der Waals surface area (Å²) < 4.78 is 2.31. The van der Waals surface area contributed by atoms with Crippen molar-refractivity contribution < 1.29 is 0 Å². The molecule has 6 aromatic rings. The van der Waals surface area contributed by atoms with E-state index in [2.05, 4.69) is 102 Å². The first kappa shape index (κ1) is 17.3. The molecule has 0 saturated carbocycles. The first-order chi connectivity index (χ1) is 14.8. The topological polar surface area (TPSA) is 4.93 Å². The predicted molar refractivity (Wildman–Crippen MR) is 129 cm³/mol. The van der Waals surface area contributed by atoms with Crippen molar-refractivity contribution in [2.24, 2.45) is 0 Å². The Hall–Kier alpha value is -3.55. The van der Waals surface area contributed by atoms with Crippen LogP contribution >= 0.6 is 11.6 Å². The summed E-state index contributed by atoms with van der Waals surface area (Å²) in [5.41, 5.74) is 5.87. The van der Waals surface area contributed by atoms with Gasteiger partial charge in [-0.25, -0.2) is 0 Å². The van der Waals surface area contributed by atoms with E-state index in [1.165, 1.54) is 38.2 Å². The van der Waals surface area contributed by atoms with E-state index in [0.29, 0.717) is 0 Å². The molecule has 0 N–H and O–H groups in total. The van der Waals surface area contributed by atoms with Crippen LogP contribution < -0.4 is 0 Å². The van der Waals surface area contributed by atoms with Crippen molar-refractivity contribution in [2.45, 2.75) is 0 Å². The van der Waals surface area contributed by atoms with Gasteiger partial charge in [0.05, 0.1) is 11.0 Å². The van der Waals surface area contributed by atoms with Crippen molar-refractivity contribution in [1.82, 2.24) is 4.57 Å². The average molecular weight is 404 g/mol. The summed E-state index contributed by atoms with van der Waals surface area (Å²) in [4.78, 5) is 0. The Morgan fingerprint density at radius 2 is 1.13 bits per heavy atom. The molecule has 0 spiro atoms. The van der Waals surface area contributed by atoms with E-state index < -0.39 is 0 Å². The zero-order chi connectivity index (χ0) is 20.1. The molecule has 0 bridgehead atoms. The van der Waals surface area contributed by atoms with Crippen LogP contribution in [0.2, 0.25) is 5.02 Å². The molecule has 1 nitrogen and oxygen atoms in total. The Morgan fingerprint density at radius 1 is 0.500 bits per heavy atom. The summed E-state index contributed by atoms with van der Waals surface area (Å²) in [6.07, 6.45) is 0. The highest BCUT2D eigenvalue weighted by Crippen LogP contribution is 2.36. The third-order valence-corrected chi connectivity index (χ3v) is 6.06. The molecule has 0 saturated heterocycles. The van der Waals surface area contributed by atoms with E-state index in [1.54, 1.807) is 0 Å². The highest BCUT2D eigenvalue weighted by atomic mass is 35.5. The Morgan fingerprint density at radius 3 is 1.97 bits per heavy atom. The zero-order valence-corrected chi connectivity index (χ0v) is 17.0. The van der Waals surface area contributed by atoms with Gasteiger partial charge in [-0.15, -0.1) is 0 Å². The molecule has 30 heavy (non-hydrogen) atoms. The molecule has 0 fully saturated rings. The van der Waals surface area contributed by atoms with Gasteiger partial charge in [-0.1, -0.05) is 84.4 Å². The highest BCUT2D eigenvalue weighted by Gasteiger charge is 2.14. The first-order valence-electron chi connectivity index (χ1n) is 10.1. The molecule has 0 amide bonds. The molecule has 142 valence electrons.